The van der Waals surface area contributed by atoms with Crippen LogP contribution in [0.4, 0.5) is 5.69 Å². The molecule has 0 unspecified atom stereocenters. The molecule has 1 aromatic carbocycles. The average Bonchev–Trinajstić information content (AvgIpc) is 3.20. The summed E-state index contributed by atoms with van der Waals surface area (Å²) in [5, 5.41) is 8.88. The zero-order chi connectivity index (χ0) is 19.9. The molecule has 28 heavy (non-hydrogen) atoms. The third-order valence-electron chi connectivity index (χ3n) is 3.72. The minimum absolute atomic E-state index is 0.0780. The van der Waals surface area contributed by atoms with Gasteiger partial charge in [-0.25, -0.2) is 9.78 Å². The molecule has 1 N–H and O–H groups in total. The molecule has 0 bridgehead atoms. The lowest BCUT2D eigenvalue weighted by atomic mass is 10.2. The fourth-order valence-electron chi connectivity index (χ4n) is 2.32. The van der Waals surface area contributed by atoms with Gasteiger partial charge in [0.25, 0.3) is 0 Å². The molecule has 0 saturated heterocycles. The highest BCUT2D eigenvalue weighted by molar-refractivity contribution is 5.84. The second-order valence-electron chi connectivity index (χ2n) is 5.59. The van der Waals surface area contributed by atoms with Crippen LogP contribution in [0.2, 0.25) is 0 Å². The third kappa shape index (κ3) is 4.67. The Morgan fingerprint density at radius 1 is 1.14 bits per heavy atom. The van der Waals surface area contributed by atoms with E-state index >= 15 is 0 Å². The number of hydrogen-bond donors (Lipinski definition) is 1. The molecule has 3 rings (SSSR count). The number of aromatic nitrogens is 1. The van der Waals surface area contributed by atoms with Crippen LogP contribution in [-0.4, -0.2) is 36.5 Å². The highest BCUT2D eigenvalue weighted by Crippen LogP contribution is 2.29. The molecular weight excluding hydrogens is 364 g/mol. The SMILES string of the molecule is COc1ccc(N=Cc2ccc(OCc3ccc(C(=O)O)o3)c(OC)c2)cn1. The second kappa shape index (κ2) is 8.72. The minimum atomic E-state index is -1.13. The molecule has 144 valence electrons. The topological polar surface area (TPSA) is 103 Å². The Morgan fingerprint density at radius 2 is 2.00 bits per heavy atom. The van der Waals surface area contributed by atoms with E-state index < -0.39 is 5.97 Å². The van der Waals surface area contributed by atoms with Crippen molar-refractivity contribution in [3.8, 4) is 17.4 Å². The van der Waals surface area contributed by atoms with Gasteiger partial charge in [0.1, 0.15) is 12.4 Å². The summed E-state index contributed by atoms with van der Waals surface area (Å²) >= 11 is 0. The molecule has 0 fully saturated rings. The first-order chi connectivity index (χ1) is 13.6. The minimum Gasteiger partial charge on any atom is -0.493 e. The van der Waals surface area contributed by atoms with Crippen LogP contribution in [0.25, 0.3) is 0 Å². The summed E-state index contributed by atoms with van der Waals surface area (Å²) in [4.78, 5) is 19.3. The van der Waals surface area contributed by atoms with Gasteiger partial charge in [0.05, 0.1) is 26.1 Å². The molecule has 0 aliphatic carbocycles. The Morgan fingerprint density at radius 3 is 2.64 bits per heavy atom. The van der Waals surface area contributed by atoms with E-state index in [2.05, 4.69) is 9.98 Å². The number of benzene rings is 1. The molecule has 0 aliphatic heterocycles. The monoisotopic (exact) mass is 382 g/mol. The lowest BCUT2D eigenvalue weighted by molar-refractivity contribution is 0.0658. The maximum atomic E-state index is 10.8. The summed E-state index contributed by atoms with van der Waals surface area (Å²) in [6.45, 7) is 0.0780. The first-order valence-corrected chi connectivity index (χ1v) is 8.26. The highest BCUT2D eigenvalue weighted by Gasteiger charge is 2.11. The number of hydrogen-bond acceptors (Lipinski definition) is 7. The maximum Gasteiger partial charge on any atom is 0.371 e. The standard InChI is InChI=1S/C20H18N2O6/c1-25-18-9-13(10-21-14-4-8-19(26-2)22-11-14)3-6-16(18)27-12-15-5-7-17(28-15)20(23)24/h3-11H,12H2,1-2H3,(H,23,24). The molecular formula is C20H18N2O6. The van der Waals surface area contributed by atoms with Crippen molar-refractivity contribution in [3.05, 3.63) is 65.7 Å². The summed E-state index contributed by atoms with van der Waals surface area (Å²) < 4.78 is 21.2. The van der Waals surface area contributed by atoms with Crippen molar-refractivity contribution in [2.75, 3.05) is 14.2 Å². The highest BCUT2D eigenvalue weighted by atomic mass is 16.5. The number of aromatic carboxylic acids is 1. The van der Waals surface area contributed by atoms with Crippen molar-refractivity contribution in [2.24, 2.45) is 4.99 Å². The number of carboxylic acids is 1. The molecule has 0 atom stereocenters. The average molecular weight is 382 g/mol. The first kappa shape index (κ1) is 19.0. The molecule has 8 heteroatoms. The van der Waals surface area contributed by atoms with Crippen LogP contribution in [0.15, 0.2) is 58.1 Å². The van der Waals surface area contributed by atoms with Gasteiger partial charge in [-0.1, -0.05) is 0 Å². The maximum absolute atomic E-state index is 10.8. The normalized spacial score (nSPS) is 10.8. The van der Waals surface area contributed by atoms with Crippen LogP contribution in [0.3, 0.4) is 0 Å². The molecule has 3 aromatic rings. The van der Waals surface area contributed by atoms with Crippen molar-refractivity contribution in [1.82, 2.24) is 4.98 Å². The molecule has 0 aliphatic rings. The predicted molar refractivity (Wildman–Crippen MR) is 101 cm³/mol. The lowest BCUT2D eigenvalue weighted by Gasteiger charge is -2.10. The van der Waals surface area contributed by atoms with Crippen LogP contribution in [0.1, 0.15) is 21.9 Å². The van der Waals surface area contributed by atoms with Crippen molar-refractivity contribution in [1.29, 1.82) is 0 Å². The van der Waals surface area contributed by atoms with E-state index in [1.807, 2.05) is 6.07 Å². The molecule has 0 amide bonds. The summed E-state index contributed by atoms with van der Waals surface area (Å²) in [6.07, 6.45) is 3.29. The largest absolute Gasteiger partial charge is 0.493 e. The number of carboxylic acid groups (broad SMARTS) is 1. The molecule has 0 saturated carbocycles. The van der Waals surface area contributed by atoms with Crippen LogP contribution in [0, 0.1) is 0 Å². The zero-order valence-corrected chi connectivity index (χ0v) is 15.3. The van der Waals surface area contributed by atoms with E-state index in [0.717, 1.165) is 5.56 Å². The smallest absolute Gasteiger partial charge is 0.371 e. The van der Waals surface area contributed by atoms with Gasteiger partial charge in [-0.15, -0.1) is 0 Å². The van der Waals surface area contributed by atoms with E-state index in [0.29, 0.717) is 28.8 Å². The van der Waals surface area contributed by atoms with E-state index in [1.54, 1.807) is 49.9 Å². The number of ether oxygens (including phenoxy) is 3. The van der Waals surface area contributed by atoms with E-state index in [4.69, 9.17) is 23.7 Å². The fourth-order valence-corrected chi connectivity index (χ4v) is 2.32. The number of carbonyl (C=O) groups is 1. The Labute approximate surface area is 161 Å². The van der Waals surface area contributed by atoms with Gasteiger partial charge in [-0.2, -0.15) is 0 Å². The van der Waals surface area contributed by atoms with Gasteiger partial charge in [-0.3, -0.25) is 4.99 Å². The van der Waals surface area contributed by atoms with Gasteiger partial charge < -0.3 is 23.7 Å². The summed E-state index contributed by atoms with van der Waals surface area (Å²) in [5.41, 5.74) is 1.50. The second-order valence-corrected chi connectivity index (χ2v) is 5.59. The van der Waals surface area contributed by atoms with E-state index in [9.17, 15) is 4.79 Å². The fraction of sp³-hybridized carbons (Fsp3) is 0.150. The quantitative estimate of drug-likeness (QED) is 0.592. The Balaban J connectivity index is 1.68. The number of methoxy groups -OCH3 is 2. The van der Waals surface area contributed by atoms with Crippen molar-refractivity contribution in [3.63, 3.8) is 0 Å². The van der Waals surface area contributed by atoms with E-state index in [1.165, 1.54) is 13.2 Å². The van der Waals surface area contributed by atoms with Crippen LogP contribution >= 0.6 is 0 Å². The number of furan rings is 1. The number of nitrogens with zero attached hydrogens (tertiary/aromatic N) is 2. The number of pyridine rings is 1. The Kier molecular flexibility index (Phi) is 5.91. The number of aliphatic imine (C=N–C) groups is 1. The Bertz CT molecular complexity index is 979. The van der Waals surface area contributed by atoms with Crippen molar-refractivity contribution in [2.45, 2.75) is 6.61 Å². The van der Waals surface area contributed by atoms with Gasteiger partial charge in [0.2, 0.25) is 11.6 Å². The molecule has 2 heterocycles. The van der Waals surface area contributed by atoms with Crippen molar-refractivity contribution < 1.29 is 28.5 Å². The zero-order valence-electron chi connectivity index (χ0n) is 15.3. The molecule has 8 nitrogen and oxygen atoms in total. The Hall–Kier alpha value is -3.81. The first-order valence-electron chi connectivity index (χ1n) is 8.26. The molecule has 2 aromatic heterocycles. The van der Waals surface area contributed by atoms with Gasteiger partial charge in [0.15, 0.2) is 11.5 Å². The predicted octanol–water partition coefficient (Wildman–Crippen LogP) is 3.72. The van der Waals surface area contributed by atoms with Gasteiger partial charge in [-0.05, 0) is 42.0 Å². The molecule has 0 radical (unpaired) electrons. The van der Waals surface area contributed by atoms with Crippen LogP contribution in [0.5, 0.6) is 17.4 Å². The number of rotatable bonds is 8. The lowest BCUT2D eigenvalue weighted by Crippen LogP contribution is -1.98. The summed E-state index contributed by atoms with van der Waals surface area (Å²) in [5.74, 6) is 0.678. The molecule has 0 spiro atoms. The van der Waals surface area contributed by atoms with Gasteiger partial charge >= 0.3 is 5.97 Å². The van der Waals surface area contributed by atoms with E-state index in [-0.39, 0.29) is 12.4 Å². The third-order valence-corrected chi connectivity index (χ3v) is 3.72. The van der Waals surface area contributed by atoms with Crippen LogP contribution < -0.4 is 14.2 Å². The van der Waals surface area contributed by atoms with Crippen molar-refractivity contribution >= 4 is 17.9 Å². The summed E-state index contributed by atoms with van der Waals surface area (Å²) in [7, 11) is 3.09. The van der Waals surface area contributed by atoms with Gasteiger partial charge in [0, 0.05) is 12.3 Å². The summed E-state index contributed by atoms with van der Waals surface area (Å²) in [6, 6.07) is 11.8. The van der Waals surface area contributed by atoms with Crippen LogP contribution in [-0.2, 0) is 6.61 Å².